The Kier molecular flexibility index (Phi) is 5.34. The first kappa shape index (κ1) is 16.8. The van der Waals surface area contributed by atoms with Crippen molar-refractivity contribution >= 4 is 11.9 Å². The summed E-state index contributed by atoms with van der Waals surface area (Å²) in [5.41, 5.74) is 0. The summed E-state index contributed by atoms with van der Waals surface area (Å²) in [4.78, 5) is 24.3. The highest BCUT2D eigenvalue weighted by Gasteiger charge is 2.30. The smallest absolute Gasteiger partial charge is 0.410 e. The number of carbonyl (C=O) groups excluding carboxylic acids is 1. The van der Waals surface area contributed by atoms with Crippen molar-refractivity contribution in [1.82, 2.24) is 14.9 Å². The zero-order valence-corrected chi connectivity index (χ0v) is 14.2. The minimum atomic E-state index is -0.263. The molecule has 3 heterocycles. The second-order valence-electron chi connectivity index (χ2n) is 6.28. The van der Waals surface area contributed by atoms with Gasteiger partial charge in [0.05, 0.1) is 32.2 Å². The van der Waals surface area contributed by atoms with Crippen molar-refractivity contribution < 1.29 is 19.0 Å². The predicted octanol–water partition coefficient (Wildman–Crippen LogP) is 1.31. The van der Waals surface area contributed by atoms with Gasteiger partial charge in [-0.3, -0.25) is 4.98 Å². The summed E-state index contributed by atoms with van der Waals surface area (Å²) >= 11 is 0. The number of rotatable bonds is 4. The van der Waals surface area contributed by atoms with Crippen molar-refractivity contribution in [3.63, 3.8) is 0 Å². The summed E-state index contributed by atoms with van der Waals surface area (Å²) in [6, 6.07) is 0. The molecule has 0 N–H and O–H groups in total. The second-order valence-corrected chi connectivity index (χ2v) is 6.28. The fourth-order valence-electron chi connectivity index (χ4n) is 2.78. The number of nitrogens with zero attached hydrogens (tertiary/aromatic N) is 4. The summed E-state index contributed by atoms with van der Waals surface area (Å²) in [6.45, 7) is 2.46. The maximum Gasteiger partial charge on any atom is 0.410 e. The molecule has 0 aromatic carbocycles. The van der Waals surface area contributed by atoms with E-state index in [0.29, 0.717) is 32.2 Å². The Bertz CT molecular complexity index is 563. The van der Waals surface area contributed by atoms with Gasteiger partial charge in [0.2, 0.25) is 5.88 Å². The molecular weight excluding hydrogens is 312 g/mol. The number of amides is 1. The van der Waals surface area contributed by atoms with Gasteiger partial charge in [-0.1, -0.05) is 0 Å². The quantitative estimate of drug-likeness (QED) is 0.820. The Balaban J connectivity index is 1.49. The maximum absolute atomic E-state index is 12.2. The fourth-order valence-corrected chi connectivity index (χ4v) is 2.78. The SMILES string of the molecule is CN(C)c1cncc(OC2CCN(C(=O)OC3CCOCC3)C2)n1. The van der Waals surface area contributed by atoms with Crippen LogP contribution in [0.2, 0.25) is 0 Å². The molecule has 2 aliphatic rings. The van der Waals surface area contributed by atoms with Crippen LogP contribution in [0.3, 0.4) is 0 Å². The van der Waals surface area contributed by atoms with Gasteiger partial charge in [-0.25, -0.2) is 4.79 Å². The molecule has 1 atom stereocenters. The number of carbonyl (C=O) groups is 1. The van der Waals surface area contributed by atoms with Gasteiger partial charge in [0.1, 0.15) is 12.2 Å². The Morgan fingerprint density at radius 3 is 2.79 bits per heavy atom. The van der Waals surface area contributed by atoms with Crippen LogP contribution >= 0.6 is 0 Å². The van der Waals surface area contributed by atoms with Gasteiger partial charge in [-0.2, -0.15) is 4.98 Å². The van der Waals surface area contributed by atoms with Crippen molar-refractivity contribution in [2.24, 2.45) is 0 Å². The van der Waals surface area contributed by atoms with Crippen LogP contribution in [0, 0.1) is 0 Å². The van der Waals surface area contributed by atoms with Gasteiger partial charge >= 0.3 is 6.09 Å². The van der Waals surface area contributed by atoms with Crippen molar-refractivity contribution in [2.75, 3.05) is 45.3 Å². The van der Waals surface area contributed by atoms with E-state index in [1.807, 2.05) is 19.0 Å². The maximum atomic E-state index is 12.2. The van der Waals surface area contributed by atoms with Crippen LogP contribution in [0.4, 0.5) is 10.6 Å². The van der Waals surface area contributed by atoms with E-state index in [9.17, 15) is 4.79 Å². The van der Waals surface area contributed by atoms with Crippen LogP contribution in [0.5, 0.6) is 5.88 Å². The molecule has 0 saturated carbocycles. The fraction of sp³-hybridized carbons (Fsp3) is 0.688. The zero-order chi connectivity index (χ0) is 16.9. The number of anilines is 1. The van der Waals surface area contributed by atoms with Crippen LogP contribution in [0.15, 0.2) is 12.4 Å². The lowest BCUT2D eigenvalue weighted by atomic mass is 10.2. The first-order valence-corrected chi connectivity index (χ1v) is 8.31. The third-order valence-electron chi connectivity index (χ3n) is 4.18. The standard InChI is InChI=1S/C16H24N4O4/c1-19(2)14-9-17-10-15(18-14)23-13-3-6-20(11-13)16(21)24-12-4-7-22-8-5-12/h9-10,12-13H,3-8,11H2,1-2H3. The van der Waals surface area contributed by atoms with Gasteiger partial charge < -0.3 is 24.0 Å². The molecule has 2 fully saturated rings. The average Bonchev–Trinajstić information content (AvgIpc) is 3.04. The van der Waals surface area contributed by atoms with Crippen molar-refractivity contribution in [2.45, 2.75) is 31.5 Å². The van der Waals surface area contributed by atoms with Gasteiger partial charge in [0, 0.05) is 39.9 Å². The van der Waals surface area contributed by atoms with Crippen molar-refractivity contribution in [3.8, 4) is 5.88 Å². The molecule has 0 radical (unpaired) electrons. The number of hydrogen-bond acceptors (Lipinski definition) is 7. The molecule has 24 heavy (non-hydrogen) atoms. The summed E-state index contributed by atoms with van der Waals surface area (Å²) < 4.78 is 16.7. The lowest BCUT2D eigenvalue weighted by Crippen LogP contribution is -2.36. The summed E-state index contributed by atoms with van der Waals surface area (Å²) in [6.07, 6.45) is 5.19. The third kappa shape index (κ3) is 4.25. The van der Waals surface area contributed by atoms with E-state index in [2.05, 4.69) is 9.97 Å². The highest BCUT2D eigenvalue weighted by molar-refractivity contribution is 5.68. The van der Waals surface area contributed by atoms with Gasteiger partial charge in [0.15, 0.2) is 5.82 Å². The lowest BCUT2D eigenvalue weighted by Gasteiger charge is -2.25. The Labute approximate surface area is 141 Å². The van der Waals surface area contributed by atoms with Crippen molar-refractivity contribution in [1.29, 1.82) is 0 Å². The minimum absolute atomic E-state index is 0.0335. The molecule has 2 aliphatic heterocycles. The second kappa shape index (κ2) is 7.65. The molecule has 0 bridgehead atoms. The normalized spacial score (nSPS) is 21.6. The Morgan fingerprint density at radius 1 is 1.25 bits per heavy atom. The number of ether oxygens (including phenoxy) is 3. The van der Waals surface area contributed by atoms with Crippen LogP contribution in [0.25, 0.3) is 0 Å². The monoisotopic (exact) mass is 336 g/mol. The van der Waals surface area contributed by atoms with Crippen LogP contribution in [-0.4, -0.2) is 73.6 Å². The molecular formula is C16H24N4O4. The molecule has 1 aromatic heterocycles. The first-order chi connectivity index (χ1) is 11.6. The van der Waals surface area contributed by atoms with Crippen molar-refractivity contribution in [3.05, 3.63) is 12.4 Å². The molecule has 0 spiro atoms. The molecule has 0 aliphatic carbocycles. The largest absolute Gasteiger partial charge is 0.471 e. The molecule has 1 unspecified atom stereocenters. The van der Waals surface area contributed by atoms with E-state index in [0.717, 1.165) is 25.1 Å². The minimum Gasteiger partial charge on any atom is -0.471 e. The van der Waals surface area contributed by atoms with Crippen LogP contribution < -0.4 is 9.64 Å². The zero-order valence-electron chi connectivity index (χ0n) is 14.2. The molecule has 8 heteroatoms. The molecule has 1 aromatic rings. The molecule has 132 valence electrons. The van der Waals surface area contributed by atoms with Gasteiger partial charge in [-0.15, -0.1) is 0 Å². The highest BCUT2D eigenvalue weighted by atomic mass is 16.6. The van der Waals surface area contributed by atoms with E-state index in [1.165, 1.54) is 0 Å². The van der Waals surface area contributed by atoms with E-state index in [4.69, 9.17) is 14.2 Å². The number of aromatic nitrogens is 2. The highest BCUT2D eigenvalue weighted by Crippen LogP contribution is 2.20. The first-order valence-electron chi connectivity index (χ1n) is 8.31. The number of hydrogen-bond donors (Lipinski definition) is 0. The molecule has 2 saturated heterocycles. The average molecular weight is 336 g/mol. The summed E-state index contributed by atoms with van der Waals surface area (Å²) in [5.74, 6) is 1.21. The van der Waals surface area contributed by atoms with Crippen LogP contribution in [-0.2, 0) is 9.47 Å². The van der Waals surface area contributed by atoms with E-state index in [1.54, 1.807) is 17.3 Å². The predicted molar refractivity (Wildman–Crippen MR) is 87.3 cm³/mol. The molecule has 3 rings (SSSR count). The molecule has 8 nitrogen and oxygen atoms in total. The Morgan fingerprint density at radius 2 is 2.04 bits per heavy atom. The third-order valence-corrected chi connectivity index (χ3v) is 4.18. The lowest BCUT2D eigenvalue weighted by molar-refractivity contribution is -0.00898. The summed E-state index contributed by atoms with van der Waals surface area (Å²) in [5, 5.41) is 0. The number of likely N-dealkylation sites (tertiary alicyclic amines) is 1. The van der Waals surface area contributed by atoms with E-state index in [-0.39, 0.29) is 18.3 Å². The van der Waals surface area contributed by atoms with Gasteiger partial charge in [0.25, 0.3) is 0 Å². The molecule has 1 amide bonds. The Hall–Kier alpha value is -2.09. The summed E-state index contributed by atoms with van der Waals surface area (Å²) in [7, 11) is 3.80. The van der Waals surface area contributed by atoms with Crippen LogP contribution in [0.1, 0.15) is 19.3 Å². The van der Waals surface area contributed by atoms with E-state index < -0.39 is 0 Å². The topological polar surface area (TPSA) is 77.0 Å². The van der Waals surface area contributed by atoms with Gasteiger partial charge in [-0.05, 0) is 0 Å². The van der Waals surface area contributed by atoms with E-state index >= 15 is 0 Å².